The predicted molar refractivity (Wildman–Crippen MR) is 155 cm³/mol. The van der Waals surface area contributed by atoms with Gasteiger partial charge in [-0.25, -0.2) is 4.79 Å². The van der Waals surface area contributed by atoms with Crippen molar-refractivity contribution in [3.63, 3.8) is 0 Å². The first-order valence-corrected chi connectivity index (χ1v) is 15.5. The number of aliphatic hydroxyl groups excluding tert-OH is 1. The first-order valence-electron chi connectivity index (χ1n) is 14.7. The van der Waals surface area contributed by atoms with Crippen LogP contribution in [0.3, 0.4) is 0 Å². The van der Waals surface area contributed by atoms with Crippen molar-refractivity contribution in [2.45, 2.75) is 83.3 Å². The quantitative estimate of drug-likeness (QED) is 0.222. The van der Waals surface area contributed by atoms with Gasteiger partial charge >= 0.3 is 5.97 Å². The highest BCUT2D eigenvalue weighted by atomic mass is 32.1. The monoisotopic (exact) mass is 556 g/mol. The summed E-state index contributed by atoms with van der Waals surface area (Å²) in [4.78, 5) is 31.2. The van der Waals surface area contributed by atoms with E-state index in [9.17, 15) is 14.7 Å². The molecule has 4 rings (SSSR count). The van der Waals surface area contributed by atoms with Crippen molar-refractivity contribution in [1.29, 1.82) is 0 Å². The van der Waals surface area contributed by atoms with Crippen LogP contribution >= 0.6 is 11.3 Å². The van der Waals surface area contributed by atoms with Crippen LogP contribution in [0, 0.1) is 0 Å². The lowest BCUT2D eigenvalue weighted by molar-refractivity contribution is -0.117. The van der Waals surface area contributed by atoms with Crippen LogP contribution in [0.15, 0.2) is 36.4 Å². The molecule has 2 saturated heterocycles. The smallest absolute Gasteiger partial charge is 0.348 e. The minimum atomic E-state index is -0.446. The van der Waals surface area contributed by atoms with Crippen LogP contribution in [0.2, 0.25) is 0 Å². The Bertz CT molecular complexity index is 1030. The summed E-state index contributed by atoms with van der Waals surface area (Å²) in [6, 6.07) is 12.0. The first kappa shape index (κ1) is 29.7. The molecular weight excluding hydrogens is 512 g/mol. The molecule has 2 atom stereocenters. The van der Waals surface area contributed by atoms with E-state index in [1.165, 1.54) is 29.1 Å². The fourth-order valence-corrected chi connectivity index (χ4v) is 6.40. The highest BCUT2D eigenvalue weighted by Crippen LogP contribution is 2.31. The number of hydrogen-bond acceptors (Lipinski definition) is 7. The fraction of sp³-hybridized carbons (Fsp3) is 0.613. The molecule has 2 aliphatic heterocycles. The number of aliphatic hydroxyl groups is 1. The third-order valence-corrected chi connectivity index (χ3v) is 8.91. The number of aryl methyl sites for hydroxylation is 1. The number of carbonyl (C=O) groups is 2. The van der Waals surface area contributed by atoms with Crippen molar-refractivity contribution >= 4 is 28.9 Å². The Balaban J connectivity index is 1.21. The molecule has 2 fully saturated rings. The molecule has 7 nitrogen and oxygen atoms in total. The van der Waals surface area contributed by atoms with E-state index in [4.69, 9.17) is 9.47 Å². The van der Waals surface area contributed by atoms with Gasteiger partial charge in [0, 0.05) is 42.7 Å². The number of rotatable bonds is 15. The lowest BCUT2D eigenvalue weighted by Gasteiger charge is -2.26. The molecule has 0 unspecified atom stereocenters. The molecule has 1 aromatic carbocycles. The van der Waals surface area contributed by atoms with Crippen molar-refractivity contribution < 1.29 is 24.2 Å². The number of carbonyl (C=O) groups excluding carboxylic acids is 2. The van der Waals surface area contributed by atoms with Crippen molar-refractivity contribution in [1.82, 2.24) is 4.90 Å². The minimum Gasteiger partial charge on any atom is -0.460 e. The second-order valence-electron chi connectivity index (χ2n) is 10.7. The molecule has 0 radical (unpaired) electrons. The number of hydrogen-bond donors (Lipinski definition) is 1. The summed E-state index contributed by atoms with van der Waals surface area (Å²) in [5.41, 5.74) is 1.84. The van der Waals surface area contributed by atoms with Gasteiger partial charge in [-0.3, -0.25) is 9.69 Å². The second-order valence-corrected chi connectivity index (χ2v) is 11.8. The van der Waals surface area contributed by atoms with Gasteiger partial charge in [-0.1, -0.05) is 44.7 Å². The standard InChI is InChI=1S/C31H44N2O5S/c1-2-3-4-5-9-28(34)24-10-12-26(13-11-24)33-25(14-17-30(33)35)7-6-8-27-15-16-29(39-27)31(36)38-23-20-32-18-21-37-22-19-32/h10-13,15-16,25,28,34H,2-9,14,17-23H2,1H3/t25-,28+/m0/s1. The van der Waals surface area contributed by atoms with Crippen molar-refractivity contribution in [2.24, 2.45) is 0 Å². The molecule has 0 spiro atoms. The summed E-state index contributed by atoms with van der Waals surface area (Å²) in [5, 5.41) is 10.5. The van der Waals surface area contributed by atoms with E-state index in [1.807, 2.05) is 41.3 Å². The lowest BCUT2D eigenvalue weighted by Crippen LogP contribution is -2.38. The molecule has 0 saturated carbocycles. The lowest BCUT2D eigenvalue weighted by atomic mass is 10.0. The van der Waals surface area contributed by atoms with Crippen LogP contribution < -0.4 is 4.90 Å². The summed E-state index contributed by atoms with van der Waals surface area (Å²) >= 11 is 1.51. The summed E-state index contributed by atoms with van der Waals surface area (Å²) < 4.78 is 10.8. The van der Waals surface area contributed by atoms with Crippen LogP contribution in [-0.4, -0.2) is 67.4 Å². The Kier molecular flexibility index (Phi) is 11.8. The van der Waals surface area contributed by atoms with Gasteiger partial charge in [-0.2, -0.15) is 0 Å². The zero-order valence-corrected chi connectivity index (χ0v) is 24.1. The largest absolute Gasteiger partial charge is 0.460 e. The molecule has 8 heteroatoms. The number of amides is 1. The van der Waals surface area contributed by atoms with E-state index < -0.39 is 6.10 Å². The number of ether oxygens (including phenoxy) is 2. The van der Waals surface area contributed by atoms with Gasteiger partial charge < -0.3 is 19.5 Å². The van der Waals surface area contributed by atoms with E-state index >= 15 is 0 Å². The van der Waals surface area contributed by atoms with Gasteiger partial charge in [0.1, 0.15) is 11.5 Å². The second kappa shape index (κ2) is 15.5. The van der Waals surface area contributed by atoms with Gasteiger partial charge in [-0.05, 0) is 61.9 Å². The average molecular weight is 557 g/mol. The summed E-state index contributed by atoms with van der Waals surface area (Å²) in [6.45, 7) is 6.59. The fourth-order valence-electron chi connectivity index (χ4n) is 5.46. The number of benzene rings is 1. The highest BCUT2D eigenvalue weighted by Gasteiger charge is 2.31. The van der Waals surface area contributed by atoms with Gasteiger partial charge in [-0.15, -0.1) is 11.3 Å². The molecule has 1 aromatic heterocycles. The Morgan fingerprint density at radius 3 is 2.67 bits per heavy atom. The van der Waals surface area contributed by atoms with Crippen LogP contribution in [0.5, 0.6) is 0 Å². The number of anilines is 1. The van der Waals surface area contributed by atoms with Gasteiger partial charge in [0.2, 0.25) is 5.91 Å². The van der Waals surface area contributed by atoms with Crippen LogP contribution in [0.25, 0.3) is 0 Å². The first-order chi connectivity index (χ1) is 19.0. The number of morpholine rings is 1. The van der Waals surface area contributed by atoms with Crippen LogP contribution in [-0.2, 0) is 20.7 Å². The third-order valence-electron chi connectivity index (χ3n) is 7.78. The van der Waals surface area contributed by atoms with Crippen LogP contribution in [0.4, 0.5) is 5.69 Å². The number of nitrogens with zero attached hydrogens (tertiary/aromatic N) is 2. The molecular formula is C31H44N2O5S. The van der Waals surface area contributed by atoms with E-state index in [0.29, 0.717) is 17.9 Å². The van der Waals surface area contributed by atoms with E-state index in [2.05, 4.69) is 11.8 Å². The van der Waals surface area contributed by atoms with Gasteiger partial charge in [0.05, 0.1) is 19.3 Å². The summed E-state index contributed by atoms with van der Waals surface area (Å²) in [7, 11) is 0. The maximum absolute atomic E-state index is 12.7. The molecule has 3 heterocycles. The number of unbranched alkanes of at least 4 members (excludes halogenated alkanes) is 3. The molecule has 0 aliphatic carbocycles. The molecule has 1 amide bonds. The molecule has 214 valence electrons. The highest BCUT2D eigenvalue weighted by molar-refractivity contribution is 7.13. The number of thiophene rings is 1. The average Bonchev–Trinajstić information content (AvgIpc) is 3.58. The van der Waals surface area contributed by atoms with Crippen LogP contribution in [0.1, 0.15) is 90.9 Å². The third kappa shape index (κ3) is 8.87. The van der Waals surface area contributed by atoms with E-state index in [0.717, 1.165) is 89.0 Å². The SMILES string of the molecule is CCCCCC[C@@H](O)c1ccc(N2C(=O)CC[C@@H]2CCCc2ccc(C(=O)OCCN3CCOCC3)s2)cc1. The van der Waals surface area contributed by atoms with Crippen molar-refractivity contribution in [3.8, 4) is 0 Å². The Labute approximate surface area is 237 Å². The predicted octanol–water partition coefficient (Wildman–Crippen LogP) is 5.76. The summed E-state index contributed by atoms with van der Waals surface area (Å²) in [6.07, 6.45) is 9.12. The zero-order chi connectivity index (χ0) is 27.5. The van der Waals surface area contributed by atoms with E-state index in [-0.39, 0.29) is 17.9 Å². The Morgan fingerprint density at radius 2 is 1.90 bits per heavy atom. The molecule has 0 bridgehead atoms. The van der Waals surface area contributed by atoms with Crippen molar-refractivity contribution in [2.75, 3.05) is 44.4 Å². The molecule has 1 N–H and O–H groups in total. The molecule has 2 aromatic rings. The zero-order valence-electron chi connectivity index (χ0n) is 23.3. The number of esters is 1. The van der Waals surface area contributed by atoms with Gasteiger partial charge in [0.15, 0.2) is 0 Å². The Hall–Kier alpha value is -2.26. The topological polar surface area (TPSA) is 79.3 Å². The maximum atomic E-state index is 12.7. The van der Waals surface area contributed by atoms with E-state index in [1.54, 1.807) is 0 Å². The normalized spacial score (nSPS) is 19.0. The van der Waals surface area contributed by atoms with Gasteiger partial charge in [0.25, 0.3) is 0 Å². The maximum Gasteiger partial charge on any atom is 0.348 e. The van der Waals surface area contributed by atoms with Crippen molar-refractivity contribution in [3.05, 3.63) is 51.7 Å². The molecule has 39 heavy (non-hydrogen) atoms. The Morgan fingerprint density at radius 1 is 1.10 bits per heavy atom. The minimum absolute atomic E-state index is 0.172. The molecule has 2 aliphatic rings. The summed E-state index contributed by atoms with van der Waals surface area (Å²) in [5.74, 6) is -0.0762.